The average molecular weight is 208 g/mol. The van der Waals surface area contributed by atoms with Crippen molar-refractivity contribution in [1.29, 1.82) is 0 Å². The summed E-state index contributed by atoms with van der Waals surface area (Å²) in [5.41, 5.74) is 4.84. The Balaban J connectivity index is 0. The van der Waals surface area contributed by atoms with Crippen LogP contribution in [0.2, 0.25) is 0 Å². The van der Waals surface area contributed by atoms with Gasteiger partial charge in [0.05, 0.1) is 0 Å². The maximum atomic E-state index is 9.57. The Morgan fingerprint density at radius 2 is 2.00 bits per heavy atom. The van der Waals surface area contributed by atoms with Crippen LogP contribution in [0, 0.1) is 0 Å². The molecule has 0 saturated heterocycles. The van der Waals surface area contributed by atoms with E-state index >= 15 is 0 Å². The SMILES string of the molecule is C[C@H](N)C(=O)O.[Sn]. The summed E-state index contributed by atoms with van der Waals surface area (Å²) in [6.45, 7) is 1.42. The standard InChI is InChI=1S/C3H7NO2.Sn/c1-2(4)3(5)6;/h2H,4H2,1H3,(H,5,6);/t2-;/m0./s1. The summed E-state index contributed by atoms with van der Waals surface area (Å²) in [4.78, 5) is 9.57. The zero-order chi connectivity index (χ0) is 5.15. The van der Waals surface area contributed by atoms with Gasteiger partial charge in [-0.05, 0) is 6.92 Å². The van der Waals surface area contributed by atoms with Crippen LogP contribution >= 0.6 is 0 Å². The van der Waals surface area contributed by atoms with E-state index in [0.29, 0.717) is 0 Å². The normalized spacial score (nSPS) is 11.7. The topological polar surface area (TPSA) is 63.3 Å². The van der Waals surface area contributed by atoms with E-state index in [0.717, 1.165) is 0 Å². The predicted octanol–water partition coefficient (Wildman–Crippen LogP) is -0.963. The Labute approximate surface area is 58.8 Å². The second-order valence-electron chi connectivity index (χ2n) is 1.13. The third-order valence-electron chi connectivity index (χ3n) is 0.390. The second kappa shape index (κ2) is 4.39. The van der Waals surface area contributed by atoms with Crippen LogP contribution < -0.4 is 5.73 Å². The van der Waals surface area contributed by atoms with Gasteiger partial charge in [-0.2, -0.15) is 0 Å². The first-order valence-electron chi connectivity index (χ1n) is 1.63. The van der Waals surface area contributed by atoms with E-state index in [1.165, 1.54) is 6.92 Å². The van der Waals surface area contributed by atoms with Crippen molar-refractivity contribution in [3.05, 3.63) is 0 Å². The first kappa shape index (κ1) is 10.3. The van der Waals surface area contributed by atoms with Crippen LogP contribution in [-0.2, 0) is 4.79 Å². The third kappa shape index (κ3) is 6.23. The van der Waals surface area contributed by atoms with E-state index in [2.05, 4.69) is 0 Å². The van der Waals surface area contributed by atoms with Crippen molar-refractivity contribution in [1.82, 2.24) is 0 Å². The fourth-order valence-electron chi connectivity index (χ4n) is 0. The van der Waals surface area contributed by atoms with Crippen LogP contribution in [0.1, 0.15) is 6.92 Å². The third-order valence-corrected chi connectivity index (χ3v) is 0.390. The summed E-state index contributed by atoms with van der Waals surface area (Å²) in [7, 11) is 0. The molecule has 0 aliphatic rings. The van der Waals surface area contributed by atoms with Crippen LogP contribution in [0.4, 0.5) is 0 Å². The minimum atomic E-state index is -0.963. The molecule has 40 valence electrons. The van der Waals surface area contributed by atoms with Gasteiger partial charge in [-0.15, -0.1) is 0 Å². The van der Waals surface area contributed by atoms with Gasteiger partial charge >= 0.3 is 5.97 Å². The van der Waals surface area contributed by atoms with Gasteiger partial charge < -0.3 is 10.8 Å². The van der Waals surface area contributed by atoms with Gasteiger partial charge in [-0.1, -0.05) is 0 Å². The molecule has 0 amide bonds. The van der Waals surface area contributed by atoms with E-state index in [4.69, 9.17) is 10.8 Å². The molecule has 0 heterocycles. The molecular weight excluding hydrogens is 201 g/mol. The van der Waals surface area contributed by atoms with Crippen molar-refractivity contribution in [2.24, 2.45) is 5.73 Å². The fraction of sp³-hybridized carbons (Fsp3) is 0.667. The summed E-state index contributed by atoms with van der Waals surface area (Å²) in [6.07, 6.45) is 0. The predicted molar refractivity (Wildman–Crippen MR) is 27.0 cm³/mol. The van der Waals surface area contributed by atoms with Gasteiger partial charge in [0.15, 0.2) is 0 Å². The average Bonchev–Trinajstić information content (AvgIpc) is 1.36. The van der Waals surface area contributed by atoms with Crippen LogP contribution in [0.3, 0.4) is 0 Å². The van der Waals surface area contributed by atoms with Crippen molar-refractivity contribution in [3.8, 4) is 0 Å². The van der Waals surface area contributed by atoms with Crippen molar-refractivity contribution in [3.63, 3.8) is 0 Å². The Morgan fingerprint density at radius 1 is 1.86 bits per heavy atom. The molecule has 0 aromatic carbocycles. The van der Waals surface area contributed by atoms with Gasteiger partial charge in [0.1, 0.15) is 6.04 Å². The maximum absolute atomic E-state index is 9.57. The number of hydrogen-bond acceptors (Lipinski definition) is 2. The Bertz CT molecular complexity index is 64.0. The van der Waals surface area contributed by atoms with Gasteiger partial charge in [-0.25, -0.2) is 0 Å². The molecule has 4 heteroatoms. The zero-order valence-corrected chi connectivity index (χ0v) is 6.86. The molecule has 0 bridgehead atoms. The molecule has 3 N–H and O–H groups in total. The molecule has 0 unspecified atom stereocenters. The Kier molecular flexibility index (Phi) is 6.43. The summed E-state index contributed by atoms with van der Waals surface area (Å²) < 4.78 is 0. The number of carboxylic acids is 1. The molecule has 1 atom stereocenters. The number of carbonyl (C=O) groups is 1. The number of hydrogen-bond donors (Lipinski definition) is 2. The summed E-state index contributed by atoms with van der Waals surface area (Å²) in [5, 5.41) is 7.87. The quantitative estimate of drug-likeness (QED) is 0.545. The van der Waals surface area contributed by atoms with Crippen LogP contribution in [0.5, 0.6) is 0 Å². The first-order chi connectivity index (χ1) is 2.64. The van der Waals surface area contributed by atoms with E-state index in [1.807, 2.05) is 0 Å². The Hall–Kier alpha value is 0.229. The first-order valence-corrected chi connectivity index (χ1v) is 1.63. The molecular formula is C3H7NO2Sn. The number of aliphatic carboxylic acids is 1. The monoisotopic (exact) mass is 209 g/mol. The van der Waals surface area contributed by atoms with E-state index in [1.54, 1.807) is 0 Å². The largest absolute Gasteiger partial charge is 0.480 e. The van der Waals surface area contributed by atoms with E-state index in [-0.39, 0.29) is 23.9 Å². The maximum Gasteiger partial charge on any atom is 0.320 e. The molecule has 0 aromatic rings. The number of carboxylic acid groups (broad SMARTS) is 1. The van der Waals surface area contributed by atoms with Crippen LogP contribution in [-0.4, -0.2) is 41.0 Å². The molecule has 0 aliphatic heterocycles. The smallest absolute Gasteiger partial charge is 0.320 e. The summed E-state index contributed by atoms with van der Waals surface area (Å²) in [5.74, 6) is -0.963. The van der Waals surface area contributed by atoms with Crippen molar-refractivity contribution < 1.29 is 9.90 Å². The van der Waals surface area contributed by atoms with Crippen LogP contribution in [0.15, 0.2) is 0 Å². The van der Waals surface area contributed by atoms with E-state index < -0.39 is 12.0 Å². The molecule has 0 spiro atoms. The minimum absolute atomic E-state index is 0. The molecule has 3 nitrogen and oxygen atoms in total. The van der Waals surface area contributed by atoms with E-state index in [9.17, 15) is 4.79 Å². The van der Waals surface area contributed by atoms with Gasteiger partial charge in [0, 0.05) is 23.9 Å². The molecule has 0 saturated carbocycles. The minimum Gasteiger partial charge on any atom is -0.480 e. The molecule has 0 aliphatic carbocycles. The molecule has 0 fully saturated rings. The number of nitrogens with two attached hydrogens (primary N) is 1. The van der Waals surface area contributed by atoms with Crippen LogP contribution in [0.25, 0.3) is 0 Å². The molecule has 4 radical (unpaired) electrons. The van der Waals surface area contributed by atoms with Gasteiger partial charge in [-0.3, -0.25) is 4.79 Å². The zero-order valence-electron chi connectivity index (χ0n) is 4.01. The second-order valence-corrected chi connectivity index (χ2v) is 1.13. The Morgan fingerprint density at radius 3 is 2.00 bits per heavy atom. The molecule has 0 rings (SSSR count). The summed E-state index contributed by atoms with van der Waals surface area (Å²) in [6, 6.07) is -0.731. The van der Waals surface area contributed by atoms with Gasteiger partial charge in [0.2, 0.25) is 0 Å². The molecule has 0 aromatic heterocycles. The fourth-order valence-corrected chi connectivity index (χ4v) is 0. The molecule has 7 heavy (non-hydrogen) atoms. The van der Waals surface area contributed by atoms with Crippen molar-refractivity contribution in [2.75, 3.05) is 0 Å². The summed E-state index contributed by atoms with van der Waals surface area (Å²) >= 11 is 0. The number of rotatable bonds is 1. The van der Waals surface area contributed by atoms with Crippen molar-refractivity contribution in [2.45, 2.75) is 13.0 Å². The van der Waals surface area contributed by atoms with Gasteiger partial charge in [0.25, 0.3) is 0 Å². The van der Waals surface area contributed by atoms with Crippen molar-refractivity contribution >= 4 is 29.9 Å².